The minimum Gasteiger partial charge on any atom is -0.497 e. The Morgan fingerprint density at radius 3 is 2.38 bits per heavy atom. The van der Waals surface area contributed by atoms with Crippen LogP contribution in [0.3, 0.4) is 0 Å². The van der Waals surface area contributed by atoms with Crippen molar-refractivity contribution < 1.29 is 14.3 Å². The third-order valence-electron chi connectivity index (χ3n) is 8.38. The molecule has 45 heavy (non-hydrogen) atoms. The number of anilines is 2. The molecule has 1 aliphatic heterocycles. The van der Waals surface area contributed by atoms with E-state index in [0.29, 0.717) is 82.8 Å². The summed E-state index contributed by atoms with van der Waals surface area (Å²) >= 11 is 13.0. The van der Waals surface area contributed by atoms with Crippen molar-refractivity contribution in [1.82, 2.24) is 19.5 Å². The number of hydrogen-bond acceptors (Lipinski definition) is 8. The number of hydrogen-bond donors (Lipinski definition) is 2. The van der Waals surface area contributed by atoms with Gasteiger partial charge in [-0.2, -0.15) is 9.97 Å². The van der Waals surface area contributed by atoms with E-state index >= 15 is 0 Å². The fourth-order valence-corrected chi connectivity index (χ4v) is 5.88. The molecular formula is C33H33Cl2N7O3. The molecule has 0 radical (unpaired) electrons. The number of nitrogens with one attached hydrogen (secondary N) is 1. The van der Waals surface area contributed by atoms with E-state index in [9.17, 15) is 4.79 Å². The maximum atomic E-state index is 12.2. The Labute approximate surface area is 271 Å². The molecule has 3 aromatic carbocycles. The summed E-state index contributed by atoms with van der Waals surface area (Å²) in [6, 6.07) is 20.7. The zero-order valence-corrected chi connectivity index (χ0v) is 26.7. The Morgan fingerprint density at radius 2 is 1.71 bits per heavy atom. The first-order chi connectivity index (χ1) is 21.7. The molecule has 0 bridgehead atoms. The van der Waals surface area contributed by atoms with Crippen molar-refractivity contribution in [1.29, 1.82) is 0 Å². The Balaban J connectivity index is 1.51. The van der Waals surface area contributed by atoms with Crippen molar-refractivity contribution in [2.45, 2.75) is 26.3 Å². The van der Waals surface area contributed by atoms with Crippen molar-refractivity contribution in [3.8, 4) is 28.6 Å². The van der Waals surface area contributed by atoms with Crippen LogP contribution in [0.15, 0.2) is 66.7 Å². The first-order valence-electron chi connectivity index (χ1n) is 14.5. The number of rotatable bonds is 9. The highest BCUT2D eigenvalue weighted by molar-refractivity contribution is 6.33. The van der Waals surface area contributed by atoms with Crippen molar-refractivity contribution >= 4 is 52.0 Å². The summed E-state index contributed by atoms with van der Waals surface area (Å²) < 4.78 is 12.9. The number of ether oxygens (including phenoxy) is 2. The quantitative estimate of drug-likeness (QED) is 0.186. The predicted molar refractivity (Wildman–Crippen MR) is 178 cm³/mol. The molecule has 2 aromatic heterocycles. The van der Waals surface area contributed by atoms with E-state index in [-0.39, 0.29) is 5.91 Å². The Kier molecular flexibility index (Phi) is 8.44. The lowest BCUT2D eigenvalue weighted by Gasteiger charge is -2.37. The molecule has 0 saturated carbocycles. The van der Waals surface area contributed by atoms with Crippen LogP contribution in [0.2, 0.25) is 10.0 Å². The van der Waals surface area contributed by atoms with Gasteiger partial charge in [0.15, 0.2) is 17.0 Å². The number of halogens is 2. The van der Waals surface area contributed by atoms with Crippen LogP contribution in [0.25, 0.3) is 28.2 Å². The second-order valence-electron chi connectivity index (χ2n) is 11.2. The molecule has 1 fully saturated rings. The highest BCUT2D eigenvalue weighted by Gasteiger charge is 2.36. The van der Waals surface area contributed by atoms with Crippen molar-refractivity contribution in [2.24, 2.45) is 11.1 Å². The number of nitrogens with zero attached hydrogens (tertiary/aromatic N) is 5. The van der Waals surface area contributed by atoms with Crippen molar-refractivity contribution in [3.63, 3.8) is 0 Å². The van der Waals surface area contributed by atoms with E-state index in [1.807, 2.05) is 78.2 Å². The first kappa shape index (κ1) is 30.5. The molecule has 1 aliphatic rings. The van der Waals surface area contributed by atoms with Crippen LogP contribution < -0.4 is 25.4 Å². The van der Waals surface area contributed by atoms with Gasteiger partial charge in [0.05, 0.1) is 19.2 Å². The lowest BCUT2D eigenvalue weighted by atomic mass is 9.80. The standard InChI is InChI=1S/C33H33Cl2N7O3/c1-33(31(36)43)14-16-41(17-15-33)29-27-30(40-32(39-29)37-19-20-8-13-23(44-2)18-26(20)45-3)42(22-11-9-21(34)10-12-22)28(38-27)24-6-4-5-7-25(24)35/h4-13,18H,14-17,19H2,1-3H3,(H2,36,43)(H,37,39,40). The van der Waals surface area contributed by atoms with Crippen LogP contribution in [0, 0.1) is 5.41 Å². The van der Waals surface area contributed by atoms with Gasteiger partial charge < -0.3 is 25.4 Å². The van der Waals surface area contributed by atoms with Crippen LogP contribution in [0.1, 0.15) is 25.3 Å². The maximum Gasteiger partial charge on any atom is 0.227 e. The smallest absolute Gasteiger partial charge is 0.227 e. The fourth-order valence-electron chi connectivity index (χ4n) is 5.53. The summed E-state index contributed by atoms with van der Waals surface area (Å²) in [5.74, 6) is 2.75. The maximum absolute atomic E-state index is 12.2. The van der Waals surface area contributed by atoms with Gasteiger partial charge in [-0.05, 0) is 61.4 Å². The summed E-state index contributed by atoms with van der Waals surface area (Å²) in [6.45, 7) is 3.46. The molecule has 6 rings (SSSR count). The Bertz CT molecular complexity index is 1870. The van der Waals surface area contributed by atoms with E-state index in [1.165, 1.54) is 0 Å². The van der Waals surface area contributed by atoms with E-state index in [2.05, 4.69) is 10.2 Å². The number of amides is 1. The number of methoxy groups -OCH3 is 2. The van der Waals surface area contributed by atoms with Crippen LogP contribution in [0.5, 0.6) is 11.5 Å². The Hall–Kier alpha value is -4.54. The summed E-state index contributed by atoms with van der Waals surface area (Å²) in [6.07, 6.45) is 1.18. The van der Waals surface area contributed by atoms with E-state index in [0.717, 1.165) is 16.8 Å². The zero-order chi connectivity index (χ0) is 31.7. The van der Waals surface area contributed by atoms with Gasteiger partial charge in [-0.15, -0.1) is 0 Å². The lowest BCUT2D eigenvalue weighted by Crippen LogP contribution is -2.45. The second kappa shape index (κ2) is 12.5. The van der Waals surface area contributed by atoms with Crippen molar-refractivity contribution in [3.05, 3.63) is 82.3 Å². The topological polar surface area (TPSA) is 120 Å². The Morgan fingerprint density at radius 1 is 0.978 bits per heavy atom. The summed E-state index contributed by atoms with van der Waals surface area (Å²) in [4.78, 5) is 29.5. The molecule has 10 nitrogen and oxygen atoms in total. The van der Waals surface area contributed by atoms with Gasteiger partial charge in [0.2, 0.25) is 11.9 Å². The number of carbonyl (C=O) groups is 1. The van der Waals surface area contributed by atoms with Gasteiger partial charge in [-0.1, -0.05) is 42.3 Å². The first-order valence-corrected chi connectivity index (χ1v) is 15.3. The molecule has 3 N–H and O–H groups in total. The molecule has 0 aliphatic carbocycles. The van der Waals surface area contributed by atoms with Gasteiger partial charge in [-0.25, -0.2) is 4.98 Å². The van der Waals surface area contributed by atoms with Gasteiger partial charge in [0.25, 0.3) is 0 Å². The number of fused-ring (bicyclic) bond motifs is 1. The number of benzene rings is 3. The molecule has 1 amide bonds. The van der Waals surface area contributed by atoms with Crippen molar-refractivity contribution in [2.75, 3.05) is 37.5 Å². The molecule has 0 atom stereocenters. The fraction of sp³-hybridized carbons (Fsp3) is 0.273. The third kappa shape index (κ3) is 5.95. The molecule has 0 unspecified atom stereocenters. The van der Waals surface area contributed by atoms with Crippen LogP contribution in [-0.2, 0) is 11.3 Å². The zero-order valence-electron chi connectivity index (χ0n) is 25.2. The van der Waals surface area contributed by atoms with Crippen LogP contribution in [-0.4, -0.2) is 52.7 Å². The average molecular weight is 647 g/mol. The van der Waals surface area contributed by atoms with Gasteiger partial charge in [-0.3, -0.25) is 9.36 Å². The van der Waals surface area contributed by atoms with Gasteiger partial charge >= 0.3 is 0 Å². The number of piperidine rings is 1. The second-order valence-corrected chi connectivity index (χ2v) is 12.1. The molecule has 0 spiro atoms. The minimum atomic E-state index is -0.583. The predicted octanol–water partition coefficient (Wildman–Crippen LogP) is 6.51. The van der Waals surface area contributed by atoms with Gasteiger partial charge in [0.1, 0.15) is 17.3 Å². The number of carbonyl (C=O) groups excluding carboxylic acids is 1. The van der Waals surface area contributed by atoms with E-state index in [4.69, 9.17) is 53.4 Å². The van der Waals surface area contributed by atoms with Crippen LogP contribution in [0.4, 0.5) is 11.8 Å². The molecule has 12 heteroatoms. The molecule has 232 valence electrons. The number of primary amides is 1. The molecule has 3 heterocycles. The van der Waals surface area contributed by atoms with E-state index in [1.54, 1.807) is 14.2 Å². The molecular weight excluding hydrogens is 613 g/mol. The summed E-state index contributed by atoms with van der Waals surface area (Å²) in [7, 11) is 3.24. The van der Waals surface area contributed by atoms with Crippen LogP contribution >= 0.6 is 23.2 Å². The monoisotopic (exact) mass is 645 g/mol. The number of aromatic nitrogens is 4. The lowest BCUT2D eigenvalue weighted by molar-refractivity contribution is -0.127. The largest absolute Gasteiger partial charge is 0.497 e. The number of nitrogens with two attached hydrogens (primary N) is 1. The number of imidazole rings is 1. The molecule has 1 saturated heterocycles. The SMILES string of the molecule is COc1ccc(CNc2nc(N3CCC(C)(C(N)=O)CC3)c3nc(-c4ccccc4Cl)n(-c4ccc(Cl)cc4)c3n2)c(OC)c1. The normalized spacial score (nSPS) is 14.4. The molecule has 5 aromatic rings. The average Bonchev–Trinajstić information content (AvgIpc) is 3.43. The van der Waals surface area contributed by atoms with E-state index < -0.39 is 5.41 Å². The highest BCUT2D eigenvalue weighted by Crippen LogP contribution is 2.38. The highest BCUT2D eigenvalue weighted by atomic mass is 35.5. The third-order valence-corrected chi connectivity index (χ3v) is 8.96. The summed E-state index contributed by atoms with van der Waals surface area (Å²) in [5.41, 5.74) is 8.84. The van der Waals surface area contributed by atoms with Gasteiger partial charge in [0, 0.05) is 53.0 Å². The minimum absolute atomic E-state index is 0.293. The summed E-state index contributed by atoms with van der Waals surface area (Å²) in [5, 5.41) is 4.56.